The van der Waals surface area contributed by atoms with E-state index < -0.39 is 0 Å². The summed E-state index contributed by atoms with van der Waals surface area (Å²) in [5.74, 6) is -0.0561. The third-order valence-corrected chi connectivity index (χ3v) is 2.91. The molecule has 0 saturated carbocycles. The van der Waals surface area contributed by atoms with Crippen LogP contribution in [0.4, 0.5) is 0 Å². The predicted octanol–water partition coefficient (Wildman–Crippen LogP) is 1.55. The van der Waals surface area contributed by atoms with Crippen LogP contribution in [0.15, 0.2) is 0 Å². The number of likely N-dealkylation sites (tertiary alicyclic amines) is 1. The first-order chi connectivity index (χ1) is 7.79. The number of rotatable bonds is 3. The maximum absolute atomic E-state index is 12.3. The van der Waals surface area contributed by atoms with E-state index in [1.807, 2.05) is 4.90 Å². The Hall–Kier alpha value is -1.06. The van der Waals surface area contributed by atoms with Gasteiger partial charge in [0, 0.05) is 20.0 Å². The van der Waals surface area contributed by atoms with Gasteiger partial charge in [-0.2, -0.15) is 0 Å². The van der Waals surface area contributed by atoms with E-state index in [-0.39, 0.29) is 23.3 Å². The normalized spacial score (nSPS) is 18.0. The van der Waals surface area contributed by atoms with E-state index in [4.69, 9.17) is 0 Å². The van der Waals surface area contributed by atoms with Gasteiger partial charge in [0.15, 0.2) is 0 Å². The molecule has 17 heavy (non-hydrogen) atoms. The summed E-state index contributed by atoms with van der Waals surface area (Å²) >= 11 is 0. The minimum atomic E-state index is -0.370. The van der Waals surface area contributed by atoms with Crippen molar-refractivity contribution in [1.29, 1.82) is 0 Å². The zero-order valence-electron chi connectivity index (χ0n) is 11.4. The summed E-state index contributed by atoms with van der Waals surface area (Å²) in [5.41, 5.74) is 0.0303. The van der Waals surface area contributed by atoms with Gasteiger partial charge >= 0.3 is 0 Å². The van der Waals surface area contributed by atoms with Crippen LogP contribution in [0.1, 0.15) is 47.0 Å². The van der Waals surface area contributed by atoms with E-state index >= 15 is 0 Å². The predicted molar refractivity (Wildman–Crippen MR) is 67.5 cm³/mol. The Morgan fingerprint density at radius 3 is 2.18 bits per heavy atom. The minimum Gasteiger partial charge on any atom is -0.345 e. The molecule has 0 aromatic heterocycles. The Morgan fingerprint density at radius 1 is 1.24 bits per heavy atom. The first kappa shape index (κ1) is 14.0. The Morgan fingerprint density at radius 2 is 1.76 bits per heavy atom. The van der Waals surface area contributed by atoms with E-state index in [2.05, 4.69) is 26.1 Å². The van der Waals surface area contributed by atoms with Crippen LogP contribution in [0.25, 0.3) is 0 Å². The van der Waals surface area contributed by atoms with Gasteiger partial charge < -0.3 is 10.2 Å². The third kappa shape index (κ3) is 4.75. The van der Waals surface area contributed by atoms with Crippen molar-refractivity contribution in [2.24, 2.45) is 5.41 Å². The van der Waals surface area contributed by atoms with Crippen molar-refractivity contribution in [1.82, 2.24) is 10.2 Å². The second-order valence-electron chi connectivity index (χ2n) is 6.05. The van der Waals surface area contributed by atoms with Gasteiger partial charge in [0.2, 0.25) is 11.8 Å². The summed E-state index contributed by atoms with van der Waals surface area (Å²) in [6, 6.07) is -0.370. The standard InChI is InChI=1S/C13H24N2O2/c1-10(16)14-11(9-13(2,3)4)12(17)15-7-5-6-8-15/h11H,5-9H2,1-4H3,(H,14,16). The average Bonchev–Trinajstić information content (AvgIpc) is 2.65. The molecule has 1 heterocycles. The first-order valence-corrected chi connectivity index (χ1v) is 6.35. The fourth-order valence-corrected chi connectivity index (χ4v) is 2.22. The number of nitrogens with one attached hydrogen (secondary N) is 1. The van der Waals surface area contributed by atoms with Gasteiger partial charge in [-0.3, -0.25) is 9.59 Å². The Bertz CT molecular complexity index is 288. The fraction of sp³-hybridized carbons (Fsp3) is 0.846. The van der Waals surface area contributed by atoms with Crippen LogP contribution in [0.3, 0.4) is 0 Å². The minimum absolute atomic E-state index is 0.0303. The molecule has 1 aliphatic heterocycles. The van der Waals surface area contributed by atoms with Crippen molar-refractivity contribution in [2.75, 3.05) is 13.1 Å². The highest BCUT2D eigenvalue weighted by atomic mass is 16.2. The SMILES string of the molecule is CC(=O)NC(CC(C)(C)C)C(=O)N1CCCC1. The van der Waals surface area contributed by atoms with Gasteiger partial charge in [0.25, 0.3) is 0 Å². The molecule has 1 aliphatic rings. The summed E-state index contributed by atoms with van der Waals surface area (Å²) in [7, 11) is 0. The molecular formula is C13H24N2O2. The van der Waals surface area contributed by atoms with Crippen molar-refractivity contribution in [3.8, 4) is 0 Å². The van der Waals surface area contributed by atoms with Gasteiger partial charge in [-0.15, -0.1) is 0 Å². The number of hydrogen-bond donors (Lipinski definition) is 1. The zero-order chi connectivity index (χ0) is 13.1. The van der Waals surface area contributed by atoms with Crippen LogP contribution in [0.5, 0.6) is 0 Å². The van der Waals surface area contributed by atoms with Crippen LogP contribution in [0.2, 0.25) is 0 Å². The summed E-state index contributed by atoms with van der Waals surface area (Å²) in [6.45, 7) is 9.38. The maximum atomic E-state index is 12.3. The van der Waals surface area contributed by atoms with E-state index in [0.717, 1.165) is 25.9 Å². The number of carbonyl (C=O) groups is 2. The Balaban J connectivity index is 2.67. The summed E-state index contributed by atoms with van der Waals surface area (Å²) in [4.78, 5) is 25.3. The molecule has 98 valence electrons. The number of nitrogens with zero attached hydrogens (tertiary/aromatic N) is 1. The van der Waals surface area contributed by atoms with Crippen LogP contribution in [-0.2, 0) is 9.59 Å². The molecule has 0 aromatic carbocycles. The van der Waals surface area contributed by atoms with Gasteiger partial charge in [-0.05, 0) is 24.7 Å². The van der Waals surface area contributed by atoms with E-state index in [1.165, 1.54) is 6.92 Å². The molecule has 1 saturated heterocycles. The van der Waals surface area contributed by atoms with Crippen LogP contribution < -0.4 is 5.32 Å². The summed E-state index contributed by atoms with van der Waals surface area (Å²) < 4.78 is 0. The molecule has 1 atom stereocenters. The number of hydrogen-bond acceptors (Lipinski definition) is 2. The Labute approximate surface area is 104 Å². The molecule has 0 aromatic rings. The molecule has 0 aliphatic carbocycles. The Kier molecular flexibility index (Phi) is 4.54. The van der Waals surface area contributed by atoms with E-state index in [9.17, 15) is 9.59 Å². The van der Waals surface area contributed by atoms with Crippen molar-refractivity contribution in [3.05, 3.63) is 0 Å². The lowest BCUT2D eigenvalue weighted by Gasteiger charge is -2.29. The van der Waals surface area contributed by atoms with Crippen LogP contribution >= 0.6 is 0 Å². The molecule has 0 bridgehead atoms. The first-order valence-electron chi connectivity index (χ1n) is 6.35. The van der Waals surface area contributed by atoms with Gasteiger partial charge in [0.05, 0.1) is 0 Å². The highest BCUT2D eigenvalue weighted by Gasteiger charge is 2.30. The monoisotopic (exact) mass is 240 g/mol. The van der Waals surface area contributed by atoms with Gasteiger partial charge in [0.1, 0.15) is 6.04 Å². The molecule has 1 unspecified atom stereocenters. The molecule has 0 radical (unpaired) electrons. The molecule has 1 rings (SSSR count). The zero-order valence-corrected chi connectivity index (χ0v) is 11.4. The molecule has 4 nitrogen and oxygen atoms in total. The smallest absolute Gasteiger partial charge is 0.245 e. The molecule has 1 fully saturated rings. The van der Waals surface area contributed by atoms with Crippen molar-refractivity contribution in [3.63, 3.8) is 0 Å². The lowest BCUT2D eigenvalue weighted by Crippen LogP contribution is -2.48. The fourth-order valence-electron chi connectivity index (χ4n) is 2.22. The van der Waals surface area contributed by atoms with Gasteiger partial charge in [-0.25, -0.2) is 0 Å². The van der Waals surface area contributed by atoms with Crippen LogP contribution in [-0.4, -0.2) is 35.8 Å². The summed E-state index contributed by atoms with van der Waals surface area (Å²) in [6.07, 6.45) is 2.84. The molecular weight excluding hydrogens is 216 g/mol. The maximum Gasteiger partial charge on any atom is 0.245 e. The molecule has 1 N–H and O–H groups in total. The second kappa shape index (κ2) is 5.52. The lowest BCUT2D eigenvalue weighted by molar-refractivity contribution is -0.136. The average molecular weight is 240 g/mol. The van der Waals surface area contributed by atoms with Crippen molar-refractivity contribution < 1.29 is 9.59 Å². The lowest BCUT2D eigenvalue weighted by atomic mass is 9.87. The number of amides is 2. The largest absolute Gasteiger partial charge is 0.345 e. The van der Waals surface area contributed by atoms with E-state index in [1.54, 1.807) is 0 Å². The van der Waals surface area contributed by atoms with Crippen LogP contribution in [0, 0.1) is 5.41 Å². The molecule has 0 spiro atoms. The molecule has 2 amide bonds. The van der Waals surface area contributed by atoms with Crippen molar-refractivity contribution >= 4 is 11.8 Å². The highest BCUT2D eigenvalue weighted by Crippen LogP contribution is 2.22. The number of carbonyl (C=O) groups excluding carboxylic acids is 2. The molecule has 4 heteroatoms. The highest BCUT2D eigenvalue weighted by molar-refractivity contribution is 5.87. The van der Waals surface area contributed by atoms with Gasteiger partial charge in [-0.1, -0.05) is 20.8 Å². The van der Waals surface area contributed by atoms with Crippen molar-refractivity contribution in [2.45, 2.75) is 53.0 Å². The van der Waals surface area contributed by atoms with E-state index in [0.29, 0.717) is 6.42 Å². The third-order valence-electron chi connectivity index (χ3n) is 2.91. The second-order valence-corrected chi connectivity index (χ2v) is 6.05. The summed E-state index contributed by atoms with van der Waals surface area (Å²) in [5, 5.41) is 2.78. The topological polar surface area (TPSA) is 49.4 Å². The quantitative estimate of drug-likeness (QED) is 0.813.